The van der Waals surface area contributed by atoms with Crippen molar-refractivity contribution in [3.05, 3.63) is 71.8 Å². The van der Waals surface area contributed by atoms with Crippen LogP contribution in [0.15, 0.2) is 60.7 Å². The van der Waals surface area contributed by atoms with Crippen molar-refractivity contribution in [3.63, 3.8) is 0 Å². The minimum Gasteiger partial charge on any atom is -0.480 e. The zero-order chi connectivity index (χ0) is 27.4. The smallest absolute Gasteiger partial charge is 0.408 e. The molecule has 198 valence electrons. The Morgan fingerprint density at radius 1 is 0.811 bits per heavy atom. The number of alkyl carbamates (subject to hydrolysis) is 1. The van der Waals surface area contributed by atoms with Crippen molar-refractivity contribution in [1.82, 2.24) is 10.6 Å². The van der Waals surface area contributed by atoms with Gasteiger partial charge in [0.15, 0.2) is 5.92 Å². The minimum atomic E-state index is -1.68. The Labute approximate surface area is 214 Å². The first kappa shape index (κ1) is 28.8. The van der Waals surface area contributed by atoms with E-state index in [1.807, 2.05) is 6.07 Å². The van der Waals surface area contributed by atoms with Gasteiger partial charge in [0.2, 0.25) is 5.91 Å². The van der Waals surface area contributed by atoms with Crippen LogP contribution in [0.25, 0.3) is 0 Å². The first-order valence-electron chi connectivity index (χ1n) is 11.4. The van der Waals surface area contributed by atoms with E-state index in [-0.39, 0.29) is 13.0 Å². The number of carboxylic acids is 1. The van der Waals surface area contributed by atoms with Crippen LogP contribution >= 0.6 is 0 Å². The Kier molecular flexibility index (Phi) is 11.1. The summed E-state index contributed by atoms with van der Waals surface area (Å²) in [6.07, 6.45) is -0.868. The van der Waals surface area contributed by atoms with Crippen LogP contribution in [0, 0.1) is 11.8 Å². The van der Waals surface area contributed by atoms with Gasteiger partial charge in [-0.15, -0.1) is 0 Å². The lowest BCUT2D eigenvalue weighted by atomic mass is 9.87. The quantitative estimate of drug-likeness (QED) is 0.218. The maximum atomic E-state index is 13.2. The zero-order valence-electron chi connectivity index (χ0n) is 20.7. The molecule has 0 fully saturated rings. The molecular weight excluding hydrogens is 484 g/mol. The highest BCUT2D eigenvalue weighted by Gasteiger charge is 2.42. The minimum absolute atomic E-state index is 0.0191. The van der Waals surface area contributed by atoms with Gasteiger partial charge in [0.1, 0.15) is 18.7 Å². The van der Waals surface area contributed by atoms with Crippen molar-refractivity contribution in [2.45, 2.75) is 32.0 Å². The first-order chi connectivity index (χ1) is 17.7. The fraction of sp³-hybridized carbons (Fsp3) is 0.346. The van der Waals surface area contributed by atoms with Crippen molar-refractivity contribution in [2.75, 3.05) is 14.2 Å². The monoisotopic (exact) mass is 514 g/mol. The molecule has 0 aliphatic rings. The van der Waals surface area contributed by atoms with E-state index in [1.54, 1.807) is 54.6 Å². The summed E-state index contributed by atoms with van der Waals surface area (Å²) in [5.74, 6) is -7.22. The van der Waals surface area contributed by atoms with Crippen LogP contribution in [0.4, 0.5) is 4.79 Å². The summed E-state index contributed by atoms with van der Waals surface area (Å²) < 4.78 is 14.4. The third-order valence-electron chi connectivity index (χ3n) is 5.63. The Morgan fingerprint density at radius 3 is 1.81 bits per heavy atom. The topological polar surface area (TPSA) is 157 Å². The van der Waals surface area contributed by atoms with Gasteiger partial charge in [-0.2, -0.15) is 0 Å². The van der Waals surface area contributed by atoms with Crippen molar-refractivity contribution in [1.29, 1.82) is 0 Å². The van der Waals surface area contributed by atoms with Crippen LogP contribution in [0.3, 0.4) is 0 Å². The van der Waals surface area contributed by atoms with E-state index >= 15 is 0 Å². The number of carbonyl (C=O) groups excluding carboxylic acids is 4. The second-order valence-corrected chi connectivity index (χ2v) is 8.16. The van der Waals surface area contributed by atoms with Gasteiger partial charge in [-0.05, 0) is 11.1 Å². The number of hydrogen-bond acceptors (Lipinski definition) is 8. The number of methoxy groups -OCH3 is 2. The van der Waals surface area contributed by atoms with Crippen LogP contribution in [0.5, 0.6) is 0 Å². The van der Waals surface area contributed by atoms with Crippen LogP contribution in [0.1, 0.15) is 18.1 Å². The number of carbonyl (C=O) groups is 5. The number of amides is 2. The molecule has 0 bridgehead atoms. The average molecular weight is 515 g/mol. The third-order valence-corrected chi connectivity index (χ3v) is 5.63. The summed E-state index contributed by atoms with van der Waals surface area (Å²) in [6, 6.07) is 14.7. The van der Waals surface area contributed by atoms with Gasteiger partial charge >= 0.3 is 24.0 Å². The summed E-state index contributed by atoms with van der Waals surface area (Å²) in [6.45, 7) is 1.26. The molecule has 0 aliphatic heterocycles. The number of rotatable bonds is 12. The molecule has 0 saturated heterocycles. The SMILES string of the molecule is COC(=O)C(C(=O)OC)[C@H](C)[C@H](NC(=O)[C@H](Cc1ccccc1)NC(=O)OCc1ccccc1)C(=O)O. The van der Waals surface area contributed by atoms with Crippen molar-refractivity contribution in [3.8, 4) is 0 Å². The lowest BCUT2D eigenvalue weighted by Gasteiger charge is -2.27. The van der Waals surface area contributed by atoms with E-state index in [2.05, 4.69) is 20.1 Å². The van der Waals surface area contributed by atoms with Gasteiger partial charge in [-0.25, -0.2) is 9.59 Å². The van der Waals surface area contributed by atoms with E-state index in [9.17, 15) is 29.1 Å². The molecule has 0 radical (unpaired) electrons. The summed E-state index contributed by atoms with van der Waals surface area (Å²) in [7, 11) is 2.08. The van der Waals surface area contributed by atoms with Crippen molar-refractivity contribution < 1.29 is 43.3 Å². The molecule has 0 spiro atoms. The molecule has 2 aromatic carbocycles. The molecule has 0 heterocycles. The van der Waals surface area contributed by atoms with Crippen molar-refractivity contribution in [2.24, 2.45) is 11.8 Å². The number of carboxylic acid groups (broad SMARTS) is 1. The number of hydrogen-bond donors (Lipinski definition) is 3. The molecule has 3 N–H and O–H groups in total. The number of esters is 2. The molecule has 0 unspecified atom stereocenters. The summed E-state index contributed by atoms with van der Waals surface area (Å²) in [4.78, 5) is 62.1. The highest BCUT2D eigenvalue weighted by atomic mass is 16.6. The molecule has 11 nitrogen and oxygen atoms in total. The van der Waals surface area contributed by atoms with Crippen LogP contribution in [-0.4, -0.2) is 61.3 Å². The predicted molar refractivity (Wildman–Crippen MR) is 130 cm³/mol. The molecule has 0 aliphatic carbocycles. The second-order valence-electron chi connectivity index (χ2n) is 8.16. The Balaban J connectivity index is 2.22. The summed E-state index contributed by atoms with van der Waals surface area (Å²) in [5, 5.41) is 14.6. The molecule has 2 rings (SSSR count). The van der Waals surface area contributed by atoms with Crippen molar-refractivity contribution >= 4 is 29.9 Å². The van der Waals surface area contributed by atoms with E-state index in [0.29, 0.717) is 5.56 Å². The Morgan fingerprint density at radius 2 is 1.32 bits per heavy atom. The Bertz CT molecular complexity index is 1060. The summed E-state index contributed by atoms with van der Waals surface area (Å²) >= 11 is 0. The number of benzene rings is 2. The predicted octanol–water partition coefficient (Wildman–Crippen LogP) is 1.69. The molecule has 2 amide bonds. The van der Waals surface area contributed by atoms with E-state index < -0.39 is 53.8 Å². The first-order valence-corrected chi connectivity index (χ1v) is 11.4. The maximum absolute atomic E-state index is 13.2. The van der Waals surface area contributed by atoms with E-state index in [4.69, 9.17) is 4.74 Å². The van der Waals surface area contributed by atoms with Crippen LogP contribution in [-0.2, 0) is 46.4 Å². The normalized spacial score (nSPS) is 13.0. The second kappa shape index (κ2) is 14.2. The molecule has 37 heavy (non-hydrogen) atoms. The van der Waals surface area contributed by atoms with E-state index in [0.717, 1.165) is 19.8 Å². The molecule has 2 aromatic rings. The fourth-order valence-corrected chi connectivity index (χ4v) is 3.61. The van der Waals surface area contributed by atoms with Gasteiger partial charge in [0.05, 0.1) is 14.2 Å². The number of ether oxygens (including phenoxy) is 3. The van der Waals surface area contributed by atoms with Crippen LogP contribution in [0.2, 0.25) is 0 Å². The van der Waals surface area contributed by atoms with E-state index in [1.165, 1.54) is 6.92 Å². The van der Waals surface area contributed by atoms with Gasteiger partial charge in [0.25, 0.3) is 0 Å². The number of aliphatic carboxylic acids is 1. The standard InChI is InChI=1S/C26H30N2O9/c1-16(20(24(32)35-2)25(33)36-3)21(23(30)31)28-22(29)19(14-17-10-6-4-7-11-17)27-26(34)37-15-18-12-8-5-9-13-18/h4-13,16,19-21H,14-15H2,1-3H3,(H,27,34)(H,28,29)(H,30,31)/t16-,19-,21-/m0/s1. The highest BCUT2D eigenvalue weighted by molar-refractivity contribution is 5.96. The lowest BCUT2D eigenvalue weighted by molar-refractivity contribution is -0.163. The highest BCUT2D eigenvalue weighted by Crippen LogP contribution is 2.20. The van der Waals surface area contributed by atoms with Gasteiger partial charge < -0.3 is 30.0 Å². The molecule has 0 saturated carbocycles. The molecular formula is C26H30N2O9. The molecule has 11 heteroatoms. The largest absolute Gasteiger partial charge is 0.480 e. The maximum Gasteiger partial charge on any atom is 0.408 e. The van der Waals surface area contributed by atoms with Gasteiger partial charge in [-0.1, -0.05) is 67.6 Å². The summed E-state index contributed by atoms with van der Waals surface area (Å²) in [5.41, 5.74) is 1.42. The number of nitrogens with one attached hydrogen (secondary N) is 2. The average Bonchev–Trinajstić information content (AvgIpc) is 2.90. The van der Waals surface area contributed by atoms with Crippen LogP contribution < -0.4 is 10.6 Å². The Hall–Kier alpha value is -4.41. The fourth-order valence-electron chi connectivity index (χ4n) is 3.61. The lowest BCUT2D eigenvalue weighted by Crippen LogP contribution is -2.56. The van der Waals surface area contributed by atoms with Gasteiger partial charge in [0, 0.05) is 12.3 Å². The third kappa shape index (κ3) is 8.64. The van der Waals surface area contributed by atoms with Gasteiger partial charge in [-0.3, -0.25) is 14.4 Å². The molecule has 3 atom stereocenters. The molecule has 0 aromatic heterocycles. The zero-order valence-corrected chi connectivity index (χ0v) is 20.7.